The highest BCUT2D eigenvalue weighted by Gasteiger charge is 2.58. The zero-order valence-corrected chi connectivity index (χ0v) is 16.8. The molecule has 1 spiro atoms. The third-order valence-corrected chi connectivity index (χ3v) is 6.40. The van der Waals surface area contributed by atoms with E-state index in [0.717, 1.165) is 17.7 Å². The zero-order valence-electron chi connectivity index (χ0n) is 16.8. The molecule has 30 heavy (non-hydrogen) atoms. The van der Waals surface area contributed by atoms with Crippen LogP contribution in [0.3, 0.4) is 0 Å². The lowest BCUT2D eigenvalue weighted by atomic mass is 9.73. The van der Waals surface area contributed by atoms with Crippen LogP contribution in [0.25, 0.3) is 0 Å². The third-order valence-electron chi connectivity index (χ3n) is 6.40. The zero-order chi connectivity index (χ0) is 20.7. The smallest absolute Gasteiger partial charge is 0.276 e. The van der Waals surface area contributed by atoms with Gasteiger partial charge < -0.3 is 14.6 Å². The van der Waals surface area contributed by atoms with E-state index in [-0.39, 0.29) is 17.9 Å². The first-order valence-corrected chi connectivity index (χ1v) is 10.3. The summed E-state index contributed by atoms with van der Waals surface area (Å²) >= 11 is 0. The molecule has 6 heteroatoms. The van der Waals surface area contributed by atoms with Crippen LogP contribution in [-0.4, -0.2) is 34.3 Å². The lowest BCUT2D eigenvalue weighted by Gasteiger charge is -2.34. The van der Waals surface area contributed by atoms with Crippen molar-refractivity contribution in [3.05, 3.63) is 83.6 Å². The summed E-state index contributed by atoms with van der Waals surface area (Å²) in [6.07, 6.45) is 3.47. The average Bonchev–Trinajstić information content (AvgIpc) is 3.44. The predicted octanol–water partition coefficient (Wildman–Crippen LogP) is 3.72. The number of aryl methyl sites for hydroxylation is 2. The maximum absolute atomic E-state index is 13.3. The number of aromatic nitrogens is 1. The number of amides is 2. The molecule has 5 rings (SSSR count). The molecule has 1 fully saturated rings. The molecule has 2 amide bonds. The van der Waals surface area contributed by atoms with Crippen LogP contribution in [0, 0.1) is 6.92 Å². The number of nitrogens with one attached hydrogen (secondary N) is 1. The number of nitrogens with zero attached hydrogens (tertiary/aromatic N) is 2. The molecule has 1 saturated heterocycles. The monoisotopic (exact) mass is 401 g/mol. The Balaban J connectivity index is 1.54. The number of para-hydroxylation sites is 1. The number of carbonyl (C=O) groups excluding carboxylic acids is 2. The van der Waals surface area contributed by atoms with E-state index < -0.39 is 5.41 Å². The van der Waals surface area contributed by atoms with E-state index in [1.165, 1.54) is 11.8 Å². The van der Waals surface area contributed by atoms with Crippen molar-refractivity contribution in [1.82, 2.24) is 9.88 Å². The molecule has 0 radical (unpaired) electrons. The molecule has 0 unspecified atom stereocenters. The van der Waals surface area contributed by atoms with E-state index in [0.29, 0.717) is 31.0 Å². The number of rotatable bonds is 4. The Labute approximate surface area is 174 Å². The van der Waals surface area contributed by atoms with Gasteiger partial charge in [-0.3, -0.25) is 9.59 Å². The number of benzene rings is 2. The van der Waals surface area contributed by atoms with E-state index in [1.807, 2.05) is 47.4 Å². The first-order valence-electron chi connectivity index (χ1n) is 10.3. The van der Waals surface area contributed by atoms with Gasteiger partial charge in [-0.2, -0.15) is 0 Å². The number of oxazole rings is 1. The first-order chi connectivity index (χ1) is 14.6. The SMILES string of the molecule is Cc1nc(C(=O)N2CC[C@@]3(C(=O)Nc4ccccc43)[C@@H]2CCc2ccccc2)co1. The minimum Gasteiger partial charge on any atom is -0.448 e. The molecule has 0 bridgehead atoms. The van der Waals surface area contributed by atoms with Crippen molar-refractivity contribution in [2.45, 2.75) is 37.6 Å². The minimum atomic E-state index is -0.736. The quantitative estimate of drug-likeness (QED) is 0.723. The first kappa shape index (κ1) is 18.6. The van der Waals surface area contributed by atoms with Crippen molar-refractivity contribution in [2.75, 3.05) is 11.9 Å². The van der Waals surface area contributed by atoms with Crippen molar-refractivity contribution in [3.8, 4) is 0 Å². The lowest BCUT2D eigenvalue weighted by Crippen LogP contribution is -2.49. The molecule has 2 aliphatic rings. The van der Waals surface area contributed by atoms with Gasteiger partial charge in [0.1, 0.15) is 6.26 Å². The van der Waals surface area contributed by atoms with Gasteiger partial charge in [0.2, 0.25) is 5.91 Å². The summed E-state index contributed by atoms with van der Waals surface area (Å²) in [7, 11) is 0. The maximum Gasteiger partial charge on any atom is 0.276 e. The van der Waals surface area contributed by atoms with Gasteiger partial charge in [0.05, 0.1) is 11.5 Å². The summed E-state index contributed by atoms with van der Waals surface area (Å²) in [5.74, 6) is 0.254. The van der Waals surface area contributed by atoms with Crippen molar-refractivity contribution in [3.63, 3.8) is 0 Å². The largest absolute Gasteiger partial charge is 0.448 e. The molecule has 152 valence electrons. The summed E-state index contributed by atoms with van der Waals surface area (Å²) in [5.41, 5.74) is 2.58. The molecular weight excluding hydrogens is 378 g/mol. The Morgan fingerprint density at radius 1 is 1.20 bits per heavy atom. The van der Waals surface area contributed by atoms with Crippen LogP contribution in [0.15, 0.2) is 65.3 Å². The van der Waals surface area contributed by atoms with Crippen LogP contribution in [-0.2, 0) is 16.6 Å². The second-order valence-corrected chi connectivity index (χ2v) is 8.01. The molecule has 0 saturated carbocycles. The molecule has 0 aliphatic carbocycles. The summed E-state index contributed by atoms with van der Waals surface area (Å²) in [6, 6.07) is 17.7. The van der Waals surface area contributed by atoms with Crippen molar-refractivity contribution < 1.29 is 14.0 Å². The molecule has 1 N–H and O–H groups in total. The molecular formula is C24H23N3O3. The Morgan fingerprint density at radius 2 is 1.97 bits per heavy atom. The third kappa shape index (κ3) is 2.83. The maximum atomic E-state index is 13.3. The Morgan fingerprint density at radius 3 is 2.73 bits per heavy atom. The minimum absolute atomic E-state index is 0.0200. The average molecular weight is 401 g/mol. The van der Waals surface area contributed by atoms with Crippen LogP contribution in [0.5, 0.6) is 0 Å². The molecule has 3 aromatic rings. The molecule has 2 aliphatic heterocycles. The summed E-state index contributed by atoms with van der Waals surface area (Å²) in [5, 5.41) is 3.05. The molecule has 3 heterocycles. The van der Waals surface area contributed by atoms with Gasteiger partial charge in [-0.15, -0.1) is 0 Å². The van der Waals surface area contributed by atoms with Crippen molar-refractivity contribution >= 4 is 17.5 Å². The number of fused-ring (bicyclic) bond motifs is 2. The van der Waals surface area contributed by atoms with E-state index in [4.69, 9.17) is 4.42 Å². The Kier molecular flexibility index (Phi) is 4.42. The summed E-state index contributed by atoms with van der Waals surface area (Å²) in [6.45, 7) is 2.22. The number of likely N-dealkylation sites (tertiary alicyclic amines) is 1. The topological polar surface area (TPSA) is 75.4 Å². The molecule has 2 aromatic carbocycles. The molecule has 1 aromatic heterocycles. The highest BCUT2D eigenvalue weighted by Crippen LogP contribution is 2.49. The van der Waals surface area contributed by atoms with Gasteiger partial charge in [-0.25, -0.2) is 4.98 Å². The predicted molar refractivity (Wildman–Crippen MR) is 112 cm³/mol. The second kappa shape index (κ2) is 7.13. The van der Waals surface area contributed by atoms with Gasteiger partial charge in [0, 0.05) is 19.2 Å². The highest BCUT2D eigenvalue weighted by atomic mass is 16.3. The van der Waals surface area contributed by atoms with E-state index in [1.54, 1.807) is 6.92 Å². The van der Waals surface area contributed by atoms with Crippen molar-refractivity contribution in [2.24, 2.45) is 0 Å². The fourth-order valence-electron chi connectivity index (χ4n) is 5.00. The van der Waals surface area contributed by atoms with Gasteiger partial charge in [0.15, 0.2) is 11.6 Å². The fourth-order valence-corrected chi connectivity index (χ4v) is 5.00. The Bertz CT molecular complexity index is 1110. The summed E-state index contributed by atoms with van der Waals surface area (Å²) in [4.78, 5) is 32.7. The lowest BCUT2D eigenvalue weighted by molar-refractivity contribution is -0.121. The molecule has 6 nitrogen and oxygen atoms in total. The van der Waals surface area contributed by atoms with Crippen LogP contribution >= 0.6 is 0 Å². The standard InChI is InChI=1S/C24H23N3O3/c1-16-25-20(15-30-16)22(28)27-14-13-24(18-9-5-6-10-19(18)26-23(24)29)21(27)12-11-17-7-3-2-4-8-17/h2-10,15,21H,11-14H2,1H3,(H,26,29)/t21-,24-/m0/s1. The van der Waals surface area contributed by atoms with Gasteiger partial charge in [-0.05, 0) is 36.5 Å². The van der Waals surface area contributed by atoms with Crippen molar-refractivity contribution in [1.29, 1.82) is 0 Å². The van der Waals surface area contributed by atoms with E-state index in [2.05, 4.69) is 22.4 Å². The van der Waals surface area contributed by atoms with Crippen LogP contribution < -0.4 is 5.32 Å². The molecule has 2 atom stereocenters. The second-order valence-electron chi connectivity index (χ2n) is 8.01. The van der Waals surface area contributed by atoms with Gasteiger partial charge >= 0.3 is 0 Å². The van der Waals surface area contributed by atoms with Crippen LogP contribution in [0.4, 0.5) is 5.69 Å². The number of anilines is 1. The van der Waals surface area contributed by atoms with Crippen LogP contribution in [0.2, 0.25) is 0 Å². The summed E-state index contributed by atoms with van der Waals surface area (Å²) < 4.78 is 5.27. The van der Waals surface area contributed by atoms with Gasteiger partial charge in [-0.1, -0.05) is 48.5 Å². The number of hydrogen-bond acceptors (Lipinski definition) is 4. The van der Waals surface area contributed by atoms with Gasteiger partial charge in [0.25, 0.3) is 5.91 Å². The van der Waals surface area contributed by atoms with E-state index in [9.17, 15) is 9.59 Å². The highest BCUT2D eigenvalue weighted by molar-refractivity contribution is 6.08. The Hall–Kier alpha value is -3.41. The van der Waals surface area contributed by atoms with E-state index >= 15 is 0 Å². The number of carbonyl (C=O) groups is 2. The number of hydrogen-bond donors (Lipinski definition) is 1. The fraction of sp³-hybridized carbons (Fsp3) is 0.292. The normalized spacial score (nSPS) is 22.4. The van der Waals surface area contributed by atoms with Crippen LogP contribution in [0.1, 0.15) is 40.3 Å².